The molecule has 0 saturated heterocycles. The third-order valence-electron chi connectivity index (χ3n) is 3.57. The normalized spacial score (nSPS) is 10.7. The van der Waals surface area contributed by atoms with Crippen molar-refractivity contribution in [3.8, 4) is 17.4 Å². The number of ether oxygens (including phenoxy) is 1. The highest BCUT2D eigenvalue weighted by atomic mass is 16.6. The van der Waals surface area contributed by atoms with Crippen molar-refractivity contribution in [1.82, 2.24) is 19.7 Å². The molecule has 0 radical (unpaired) electrons. The summed E-state index contributed by atoms with van der Waals surface area (Å²) in [4.78, 5) is 19.1. The van der Waals surface area contributed by atoms with Crippen LogP contribution in [0.25, 0.3) is 5.82 Å². The van der Waals surface area contributed by atoms with Crippen LogP contribution in [0.1, 0.15) is 22.5 Å². The van der Waals surface area contributed by atoms with E-state index in [1.807, 2.05) is 32.9 Å². The van der Waals surface area contributed by atoms with Gasteiger partial charge in [-0.1, -0.05) is 6.07 Å². The van der Waals surface area contributed by atoms with Crippen molar-refractivity contribution in [2.45, 2.75) is 27.7 Å². The molecule has 1 aromatic carbocycles. The Bertz CT molecular complexity index is 945. The first-order valence-corrected chi connectivity index (χ1v) is 7.64. The van der Waals surface area contributed by atoms with Crippen LogP contribution in [-0.2, 0) is 0 Å². The molecule has 0 spiro atoms. The Labute approximate surface area is 144 Å². The number of benzene rings is 1. The van der Waals surface area contributed by atoms with Gasteiger partial charge in [-0.25, -0.2) is 9.67 Å². The summed E-state index contributed by atoms with van der Waals surface area (Å²) in [6, 6.07) is 7.39. The Hall–Kier alpha value is -3.29. The molecular weight excluding hydrogens is 322 g/mol. The van der Waals surface area contributed by atoms with Gasteiger partial charge in [0, 0.05) is 5.69 Å². The van der Waals surface area contributed by atoms with Crippen molar-refractivity contribution in [2.75, 3.05) is 0 Å². The van der Waals surface area contributed by atoms with Gasteiger partial charge < -0.3 is 4.74 Å². The Morgan fingerprint density at radius 2 is 1.72 bits per heavy atom. The predicted molar refractivity (Wildman–Crippen MR) is 91.3 cm³/mol. The van der Waals surface area contributed by atoms with Gasteiger partial charge in [0.25, 0.3) is 0 Å². The van der Waals surface area contributed by atoms with Gasteiger partial charge in [-0.2, -0.15) is 10.1 Å². The van der Waals surface area contributed by atoms with Gasteiger partial charge in [-0.3, -0.25) is 10.1 Å². The molecule has 0 saturated carbocycles. The third kappa shape index (κ3) is 3.32. The summed E-state index contributed by atoms with van der Waals surface area (Å²) in [6.07, 6.45) is 1.23. The van der Waals surface area contributed by atoms with Crippen molar-refractivity contribution in [3.63, 3.8) is 0 Å². The SMILES string of the molecule is Cc1cc(C)cc(Oc2ncnc(-n3nc(C)cc3C)c2[N+](=O)[O-])c1. The summed E-state index contributed by atoms with van der Waals surface area (Å²) in [7, 11) is 0. The number of hydrogen-bond donors (Lipinski definition) is 0. The quantitative estimate of drug-likeness (QED) is 0.532. The molecule has 0 atom stereocenters. The maximum absolute atomic E-state index is 11.7. The molecule has 0 amide bonds. The summed E-state index contributed by atoms with van der Waals surface area (Å²) >= 11 is 0. The zero-order valence-corrected chi connectivity index (χ0v) is 14.3. The molecule has 0 unspecified atom stereocenters. The van der Waals surface area contributed by atoms with Gasteiger partial charge in [-0.05, 0) is 57.0 Å². The van der Waals surface area contributed by atoms with E-state index in [0.717, 1.165) is 22.5 Å². The number of aryl methyl sites for hydroxylation is 4. The number of rotatable bonds is 4. The van der Waals surface area contributed by atoms with Crippen molar-refractivity contribution >= 4 is 5.69 Å². The van der Waals surface area contributed by atoms with Crippen LogP contribution in [0.4, 0.5) is 5.69 Å². The molecule has 0 aliphatic rings. The van der Waals surface area contributed by atoms with Crippen molar-refractivity contribution in [1.29, 1.82) is 0 Å². The molecule has 0 aliphatic carbocycles. The van der Waals surface area contributed by atoms with Crippen LogP contribution in [0.2, 0.25) is 0 Å². The van der Waals surface area contributed by atoms with E-state index in [2.05, 4.69) is 15.1 Å². The fraction of sp³-hybridized carbons (Fsp3) is 0.235. The first kappa shape index (κ1) is 16.6. The Kier molecular flexibility index (Phi) is 4.18. The van der Waals surface area contributed by atoms with E-state index < -0.39 is 4.92 Å². The van der Waals surface area contributed by atoms with Crippen LogP contribution in [0, 0.1) is 37.8 Å². The second-order valence-corrected chi connectivity index (χ2v) is 5.87. The Balaban J connectivity index is 2.13. The maximum Gasteiger partial charge on any atom is 0.375 e. The molecule has 0 fully saturated rings. The number of hydrogen-bond acceptors (Lipinski definition) is 6. The molecule has 8 heteroatoms. The third-order valence-corrected chi connectivity index (χ3v) is 3.57. The summed E-state index contributed by atoms with van der Waals surface area (Å²) in [5.41, 5.74) is 3.13. The van der Waals surface area contributed by atoms with Crippen LogP contribution < -0.4 is 4.74 Å². The topological polar surface area (TPSA) is 96.0 Å². The molecule has 0 aliphatic heterocycles. The molecule has 8 nitrogen and oxygen atoms in total. The largest absolute Gasteiger partial charge is 0.434 e. The average Bonchev–Trinajstić information content (AvgIpc) is 2.84. The summed E-state index contributed by atoms with van der Waals surface area (Å²) in [5.74, 6) is 0.441. The second kappa shape index (κ2) is 6.31. The van der Waals surface area contributed by atoms with Crippen LogP contribution in [0.15, 0.2) is 30.6 Å². The zero-order valence-electron chi connectivity index (χ0n) is 14.3. The van der Waals surface area contributed by atoms with Crippen LogP contribution in [0.3, 0.4) is 0 Å². The molecule has 0 N–H and O–H groups in total. The minimum absolute atomic E-state index is 0.0741. The smallest absolute Gasteiger partial charge is 0.375 e. The minimum atomic E-state index is -0.552. The van der Waals surface area contributed by atoms with E-state index in [4.69, 9.17) is 4.74 Å². The lowest BCUT2D eigenvalue weighted by molar-refractivity contribution is -0.386. The average molecular weight is 339 g/mol. The monoisotopic (exact) mass is 339 g/mol. The highest BCUT2D eigenvalue weighted by molar-refractivity contribution is 5.55. The summed E-state index contributed by atoms with van der Waals surface area (Å²) in [5, 5.41) is 15.9. The van der Waals surface area contributed by atoms with Crippen LogP contribution >= 0.6 is 0 Å². The van der Waals surface area contributed by atoms with E-state index in [-0.39, 0.29) is 17.4 Å². The number of aromatic nitrogens is 4. The molecule has 25 heavy (non-hydrogen) atoms. The predicted octanol–water partition coefficient (Wildman–Crippen LogP) is 3.60. The molecule has 2 heterocycles. The standard InChI is InChI=1S/C17H17N5O3/c1-10-5-11(2)7-14(6-10)25-17-15(22(23)24)16(18-9-19-17)21-13(4)8-12(3)20-21/h5-9H,1-4H3. The highest BCUT2D eigenvalue weighted by Crippen LogP contribution is 2.33. The molecule has 128 valence electrons. The van der Waals surface area contributed by atoms with Crippen LogP contribution in [-0.4, -0.2) is 24.7 Å². The van der Waals surface area contributed by atoms with Gasteiger partial charge in [0.05, 0.1) is 10.6 Å². The van der Waals surface area contributed by atoms with Crippen molar-refractivity contribution < 1.29 is 9.66 Å². The van der Waals surface area contributed by atoms with E-state index in [1.54, 1.807) is 19.1 Å². The van der Waals surface area contributed by atoms with E-state index in [9.17, 15) is 10.1 Å². The second-order valence-electron chi connectivity index (χ2n) is 5.87. The van der Waals surface area contributed by atoms with E-state index in [0.29, 0.717) is 5.75 Å². The lowest BCUT2D eigenvalue weighted by Crippen LogP contribution is -2.08. The lowest BCUT2D eigenvalue weighted by Gasteiger charge is -2.09. The zero-order chi connectivity index (χ0) is 18.1. The maximum atomic E-state index is 11.7. The number of nitrogens with zero attached hydrogens (tertiary/aromatic N) is 5. The van der Waals surface area contributed by atoms with E-state index >= 15 is 0 Å². The van der Waals surface area contributed by atoms with Gasteiger partial charge in [0.15, 0.2) is 0 Å². The van der Waals surface area contributed by atoms with Gasteiger partial charge in [-0.15, -0.1) is 0 Å². The lowest BCUT2D eigenvalue weighted by atomic mass is 10.1. The molecule has 2 aromatic heterocycles. The molecule has 0 bridgehead atoms. The van der Waals surface area contributed by atoms with Crippen molar-refractivity contribution in [2.24, 2.45) is 0 Å². The van der Waals surface area contributed by atoms with Crippen LogP contribution in [0.5, 0.6) is 11.6 Å². The molecular formula is C17H17N5O3. The highest BCUT2D eigenvalue weighted by Gasteiger charge is 2.27. The minimum Gasteiger partial charge on any atom is -0.434 e. The van der Waals surface area contributed by atoms with Crippen molar-refractivity contribution in [3.05, 3.63) is 63.2 Å². The molecule has 3 aromatic rings. The Morgan fingerprint density at radius 1 is 1.04 bits per heavy atom. The van der Waals surface area contributed by atoms with Gasteiger partial charge in [0.2, 0.25) is 5.82 Å². The van der Waals surface area contributed by atoms with Gasteiger partial charge >= 0.3 is 11.6 Å². The first-order valence-electron chi connectivity index (χ1n) is 7.64. The fourth-order valence-electron chi connectivity index (χ4n) is 2.69. The molecule has 3 rings (SSSR count). The Morgan fingerprint density at radius 3 is 2.28 bits per heavy atom. The number of nitro groups is 1. The first-order chi connectivity index (χ1) is 11.8. The fourth-order valence-corrected chi connectivity index (χ4v) is 2.69. The van der Waals surface area contributed by atoms with E-state index in [1.165, 1.54) is 11.0 Å². The summed E-state index contributed by atoms with van der Waals surface area (Å²) < 4.78 is 7.13. The summed E-state index contributed by atoms with van der Waals surface area (Å²) in [6.45, 7) is 7.46. The van der Waals surface area contributed by atoms with Gasteiger partial charge in [0.1, 0.15) is 12.1 Å².